The Morgan fingerprint density at radius 1 is 1.24 bits per heavy atom. The van der Waals surface area contributed by atoms with Crippen molar-refractivity contribution in [3.05, 3.63) is 83.7 Å². The Kier molecular flexibility index (Phi) is 7.60. The van der Waals surface area contributed by atoms with Crippen molar-refractivity contribution >= 4 is 5.96 Å². The topological polar surface area (TPSA) is 63.5 Å². The predicted molar refractivity (Wildman–Crippen MR) is 129 cm³/mol. The second-order valence-corrected chi connectivity index (χ2v) is 8.46. The van der Waals surface area contributed by atoms with E-state index in [9.17, 15) is 4.39 Å². The molecule has 0 spiro atoms. The van der Waals surface area contributed by atoms with Crippen molar-refractivity contribution in [1.82, 2.24) is 20.2 Å². The van der Waals surface area contributed by atoms with E-state index >= 15 is 0 Å². The first-order valence-electron chi connectivity index (χ1n) is 11.6. The lowest BCUT2D eigenvalue weighted by Crippen LogP contribution is -2.38. The van der Waals surface area contributed by atoms with Gasteiger partial charge in [0.25, 0.3) is 0 Å². The summed E-state index contributed by atoms with van der Waals surface area (Å²) in [5.41, 5.74) is 2.05. The van der Waals surface area contributed by atoms with Crippen molar-refractivity contribution in [2.45, 2.75) is 45.8 Å². The van der Waals surface area contributed by atoms with Gasteiger partial charge in [0.05, 0.1) is 12.6 Å². The third kappa shape index (κ3) is 6.57. The van der Waals surface area contributed by atoms with Gasteiger partial charge in [0, 0.05) is 25.5 Å². The number of aliphatic imine (C=N–C) groups is 1. The van der Waals surface area contributed by atoms with E-state index in [0.717, 1.165) is 24.5 Å². The molecule has 6 nitrogen and oxygen atoms in total. The highest BCUT2D eigenvalue weighted by atomic mass is 19.1. The summed E-state index contributed by atoms with van der Waals surface area (Å²) in [6, 6.07) is 15.3. The minimum atomic E-state index is -0.327. The van der Waals surface area contributed by atoms with Crippen LogP contribution < -0.4 is 15.4 Å². The zero-order chi connectivity index (χ0) is 23.0. The van der Waals surface area contributed by atoms with Gasteiger partial charge in [-0.3, -0.25) is 0 Å². The average Bonchev–Trinajstić information content (AvgIpc) is 3.55. The molecule has 2 aromatic carbocycles. The first-order valence-corrected chi connectivity index (χ1v) is 11.6. The van der Waals surface area contributed by atoms with Gasteiger partial charge < -0.3 is 19.9 Å². The largest absolute Gasteiger partial charge is 0.490 e. The van der Waals surface area contributed by atoms with Crippen LogP contribution in [0.25, 0.3) is 0 Å². The van der Waals surface area contributed by atoms with Crippen LogP contribution in [-0.4, -0.2) is 28.7 Å². The first-order chi connectivity index (χ1) is 16.1. The van der Waals surface area contributed by atoms with Crippen LogP contribution in [-0.2, 0) is 13.1 Å². The molecule has 1 unspecified atom stereocenters. The summed E-state index contributed by atoms with van der Waals surface area (Å²) in [6.07, 6.45) is 6.13. The molecule has 7 heteroatoms. The van der Waals surface area contributed by atoms with E-state index in [1.807, 2.05) is 44.3 Å². The molecule has 1 aromatic heterocycles. The second kappa shape index (κ2) is 11.0. The lowest BCUT2D eigenvalue weighted by atomic mass is 10.1. The minimum Gasteiger partial charge on any atom is -0.490 e. The molecule has 4 rings (SSSR count). The molecule has 3 aromatic rings. The van der Waals surface area contributed by atoms with Crippen molar-refractivity contribution in [1.29, 1.82) is 0 Å². The van der Waals surface area contributed by atoms with Gasteiger partial charge >= 0.3 is 0 Å². The van der Waals surface area contributed by atoms with Crippen LogP contribution in [0.1, 0.15) is 49.7 Å². The Balaban J connectivity index is 1.39. The number of guanidine groups is 1. The van der Waals surface area contributed by atoms with Crippen molar-refractivity contribution in [3.63, 3.8) is 0 Å². The number of imidazole rings is 1. The lowest BCUT2D eigenvalue weighted by Gasteiger charge is -2.19. The monoisotopic (exact) mass is 449 g/mol. The third-order valence-corrected chi connectivity index (χ3v) is 5.70. The van der Waals surface area contributed by atoms with Crippen LogP contribution in [0.2, 0.25) is 0 Å². The molecule has 0 radical (unpaired) electrons. The summed E-state index contributed by atoms with van der Waals surface area (Å²) in [5, 5.41) is 6.63. The maximum atomic E-state index is 14.5. The zero-order valence-corrected chi connectivity index (χ0v) is 19.3. The summed E-state index contributed by atoms with van der Waals surface area (Å²) < 4.78 is 22.2. The highest BCUT2D eigenvalue weighted by molar-refractivity contribution is 5.80. The summed E-state index contributed by atoms with van der Waals surface area (Å²) >= 11 is 0. The molecule has 0 bridgehead atoms. The molecular weight excluding hydrogens is 417 g/mol. The number of hydrogen-bond donors (Lipinski definition) is 2. The van der Waals surface area contributed by atoms with Gasteiger partial charge in [-0.1, -0.05) is 36.4 Å². The molecule has 1 aliphatic rings. The van der Waals surface area contributed by atoms with Crippen LogP contribution in [0.5, 0.6) is 5.75 Å². The Bertz CT molecular complexity index is 1060. The Hall–Kier alpha value is -3.35. The molecule has 1 aliphatic carbocycles. The zero-order valence-electron chi connectivity index (χ0n) is 19.3. The molecule has 0 amide bonds. The fourth-order valence-electron chi connectivity index (χ4n) is 3.57. The second-order valence-electron chi connectivity index (χ2n) is 8.46. The summed E-state index contributed by atoms with van der Waals surface area (Å²) in [5.74, 6) is 2.13. The van der Waals surface area contributed by atoms with Crippen LogP contribution in [0, 0.1) is 11.7 Å². The van der Waals surface area contributed by atoms with Gasteiger partial charge in [0.15, 0.2) is 17.5 Å². The van der Waals surface area contributed by atoms with Gasteiger partial charge in [-0.2, -0.15) is 0 Å². The number of hydrogen-bond acceptors (Lipinski definition) is 3. The number of ether oxygens (including phenoxy) is 1. The smallest absolute Gasteiger partial charge is 0.192 e. The van der Waals surface area contributed by atoms with Gasteiger partial charge in [0.1, 0.15) is 12.4 Å². The fraction of sp³-hybridized carbons (Fsp3) is 0.385. The van der Waals surface area contributed by atoms with Crippen LogP contribution >= 0.6 is 0 Å². The van der Waals surface area contributed by atoms with Crippen molar-refractivity contribution < 1.29 is 9.13 Å². The molecule has 1 atom stereocenters. The lowest BCUT2D eigenvalue weighted by molar-refractivity contribution is 0.285. The van der Waals surface area contributed by atoms with Gasteiger partial charge in [-0.25, -0.2) is 14.4 Å². The normalized spacial score (nSPS) is 14.7. The third-order valence-electron chi connectivity index (χ3n) is 5.70. The summed E-state index contributed by atoms with van der Waals surface area (Å²) in [7, 11) is 0. The molecule has 174 valence electrons. The maximum absolute atomic E-state index is 14.5. The minimum absolute atomic E-state index is 0.126. The summed E-state index contributed by atoms with van der Waals surface area (Å²) in [6.45, 7) is 6.51. The Morgan fingerprint density at radius 2 is 2.06 bits per heavy atom. The van der Waals surface area contributed by atoms with E-state index in [0.29, 0.717) is 30.8 Å². The van der Waals surface area contributed by atoms with Crippen LogP contribution in [0.15, 0.2) is 65.9 Å². The number of nitrogens with one attached hydrogen (secondary N) is 2. The maximum Gasteiger partial charge on any atom is 0.192 e. The highest BCUT2D eigenvalue weighted by Crippen LogP contribution is 2.30. The molecule has 1 saturated carbocycles. The number of aromatic nitrogens is 2. The quantitative estimate of drug-likeness (QED) is 0.349. The van der Waals surface area contributed by atoms with Crippen LogP contribution in [0.3, 0.4) is 0 Å². The Morgan fingerprint density at radius 3 is 2.79 bits per heavy atom. The van der Waals surface area contributed by atoms with E-state index in [4.69, 9.17) is 9.73 Å². The van der Waals surface area contributed by atoms with E-state index < -0.39 is 0 Å². The molecular formula is C26H32FN5O. The summed E-state index contributed by atoms with van der Waals surface area (Å²) in [4.78, 5) is 9.19. The number of nitrogens with zero attached hydrogens (tertiary/aromatic N) is 3. The van der Waals surface area contributed by atoms with E-state index in [1.165, 1.54) is 24.5 Å². The SMILES string of the molecule is CCNC(=NCc1nccn1Cc1ccccc1)NC(C)c1ccc(OCC2CC2)c(F)c1. The predicted octanol–water partition coefficient (Wildman–Crippen LogP) is 4.68. The van der Waals surface area contributed by atoms with Gasteiger partial charge in [0.2, 0.25) is 0 Å². The molecule has 1 heterocycles. The Labute approximate surface area is 194 Å². The van der Waals surface area contributed by atoms with Gasteiger partial charge in [-0.15, -0.1) is 0 Å². The van der Waals surface area contributed by atoms with Crippen LogP contribution in [0.4, 0.5) is 4.39 Å². The average molecular weight is 450 g/mol. The van der Waals surface area contributed by atoms with Crippen molar-refractivity contribution in [3.8, 4) is 5.75 Å². The first kappa shape index (κ1) is 22.8. The number of halogens is 1. The van der Waals surface area contributed by atoms with Crippen molar-refractivity contribution in [2.24, 2.45) is 10.9 Å². The fourth-order valence-corrected chi connectivity index (χ4v) is 3.57. The van der Waals surface area contributed by atoms with E-state index in [2.05, 4.69) is 32.3 Å². The highest BCUT2D eigenvalue weighted by Gasteiger charge is 2.22. The number of benzene rings is 2. The molecule has 2 N–H and O–H groups in total. The molecule has 0 saturated heterocycles. The molecule has 1 fully saturated rings. The molecule has 33 heavy (non-hydrogen) atoms. The number of rotatable bonds is 10. The molecule has 0 aliphatic heterocycles. The van der Waals surface area contributed by atoms with E-state index in [1.54, 1.807) is 12.3 Å². The van der Waals surface area contributed by atoms with Crippen molar-refractivity contribution in [2.75, 3.05) is 13.2 Å². The van der Waals surface area contributed by atoms with Gasteiger partial charge in [-0.05, 0) is 55.9 Å². The van der Waals surface area contributed by atoms with E-state index in [-0.39, 0.29) is 11.9 Å². The standard InChI is InChI=1S/C26H32FN5O/c1-3-28-26(30-16-25-29-13-14-32(25)17-20-7-5-4-6-8-20)31-19(2)22-11-12-24(23(27)15-22)33-18-21-9-10-21/h4-8,11-15,19,21H,3,9-10,16-18H2,1-2H3,(H2,28,30,31).